The molecule has 0 bridgehead atoms. The van der Waals surface area contributed by atoms with Crippen molar-refractivity contribution in [3.63, 3.8) is 0 Å². The minimum atomic E-state index is -4.54. The quantitative estimate of drug-likeness (QED) is 0.358. The summed E-state index contributed by atoms with van der Waals surface area (Å²) in [6.07, 6.45) is -2.94. The number of aromatic nitrogens is 2. The summed E-state index contributed by atoms with van der Waals surface area (Å²) in [6.45, 7) is 4.88. The van der Waals surface area contributed by atoms with E-state index in [2.05, 4.69) is 10.4 Å². The van der Waals surface area contributed by atoms with E-state index in [1.807, 2.05) is 32.0 Å². The summed E-state index contributed by atoms with van der Waals surface area (Å²) in [7, 11) is 0. The van der Waals surface area contributed by atoms with E-state index in [1.165, 1.54) is 0 Å². The Morgan fingerprint density at radius 2 is 1.69 bits per heavy atom. The summed E-state index contributed by atoms with van der Waals surface area (Å²) in [5.41, 5.74) is 0.883. The lowest BCUT2D eigenvalue weighted by molar-refractivity contribution is -0.141. The Morgan fingerprint density at radius 1 is 1.00 bits per heavy atom. The zero-order valence-electron chi connectivity index (χ0n) is 20.1. The van der Waals surface area contributed by atoms with Gasteiger partial charge in [0, 0.05) is 17.3 Å². The molecule has 1 aliphatic carbocycles. The Hall–Kier alpha value is -3.69. The van der Waals surface area contributed by atoms with E-state index in [0.717, 1.165) is 29.2 Å². The minimum absolute atomic E-state index is 0.0258. The predicted molar refractivity (Wildman–Crippen MR) is 127 cm³/mol. The smallest absolute Gasteiger partial charge is 0.435 e. The standard InChI is InChI=1S/C26H28F3N3O4/c1-3-34-22-12-5-17(13-23(22)35-4-2)16-36-20-10-8-19(9-11-20)30-25(33)15-32-21(18-6-7-18)14-24(31-32)26(27,28)29/h5,8-14,18H,3-4,6-7,15-16H2,1-2H3,(H,30,33). The molecular weight excluding hydrogens is 475 g/mol. The maximum atomic E-state index is 13.1. The van der Waals surface area contributed by atoms with Gasteiger partial charge in [0.05, 0.1) is 13.2 Å². The first-order valence-corrected chi connectivity index (χ1v) is 11.8. The van der Waals surface area contributed by atoms with E-state index in [-0.39, 0.29) is 12.5 Å². The van der Waals surface area contributed by atoms with Gasteiger partial charge in [0.2, 0.25) is 5.91 Å². The molecule has 10 heteroatoms. The van der Waals surface area contributed by atoms with Crippen LogP contribution in [-0.2, 0) is 24.1 Å². The summed E-state index contributed by atoms with van der Waals surface area (Å²) in [5.74, 6) is 1.50. The van der Waals surface area contributed by atoms with E-state index < -0.39 is 17.8 Å². The number of halogens is 3. The van der Waals surface area contributed by atoms with E-state index in [0.29, 0.717) is 48.5 Å². The lowest BCUT2D eigenvalue weighted by atomic mass is 10.2. The van der Waals surface area contributed by atoms with Crippen LogP contribution in [0.2, 0.25) is 0 Å². The zero-order valence-corrected chi connectivity index (χ0v) is 20.1. The Balaban J connectivity index is 1.33. The molecule has 0 spiro atoms. The molecule has 0 aliphatic heterocycles. The van der Waals surface area contributed by atoms with Crippen molar-refractivity contribution in [2.75, 3.05) is 18.5 Å². The molecule has 0 saturated heterocycles. The van der Waals surface area contributed by atoms with Gasteiger partial charge in [-0.2, -0.15) is 18.3 Å². The Kier molecular flexibility index (Phi) is 7.71. The third-order valence-corrected chi connectivity index (χ3v) is 5.54. The van der Waals surface area contributed by atoms with E-state index in [4.69, 9.17) is 14.2 Å². The van der Waals surface area contributed by atoms with Crippen LogP contribution in [0.4, 0.5) is 18.9 Å². The van der Waals surface area contributed by atoms with Crippen LogP contribution in [0.15, 0.2) is 48.5 Å². The Bertz CT molecular complexity index is 1190. The molecule has 1 heterocycles. The SMILES string of the molecule is CCOc1ccc(COc2ccc(NC(=O)Cn3nc(C(F)(F)F)cc3C3CC3)cc2)cc1OCC. The van der Waals surface area contributed by atoms with E-state index in [1.54, 1.807) is 24.3 Å². The maximum absolute atomic E-state index is 13.1. The van der Waals surface area contributed by atoms with Crippen LogP contribution in [0.5, 0.6) is 17.2 Å². The van der Waals surface area contributed by atoms with Crippen molar-refractivity contribution in [1.82, 2.24) is 9.78 Å². The molecule has 1 N–H and O–H groups in total. The number of carbonyl (C=O) groups excluding carboxylic acids is 1. The number of anilines is 1. The van der Waals surface area contributed by atoms with Gasteiger partial charge in [-0.3, -0.25) is 9.48 Å². The summed E-state index contributed by atoms with van der Waals surface area (Å²) in [4.78, 5) is 12.5. The largest absolute Gasteiger partial charge is 0.490 e. The topological polar surface area (TPSA) is 74.6 Å². The second-order valence-corrected chi connectivity index (χ2v) is 8.39. The van der Waals surface area contributed by atoms with Crippen molar-refractivity contribution in [3.8, 4) is 17.2 Å². The summed E-state index contributed by atoms with van der Waals surface area (Å²) >= 11 is 0. The van der Waals surface area contributed by atoms with Crippen molar-refractivity contribution < 1.29 is 32.2 Å². The Morgan fingerprint density at radius 3 is 2.33 bits per heavy atom. The van der Waals surface area contributed by atoms with Crippen LogP contribution in [0.3, 0.4) is 0 Å². The molecule has 1 aromatic heterocycles. The number of amides is 1. The average Bonchev–Trinajstić information content (AvgIpc) is 3.59. The maximum Gasteiger partial charge on any atom is 0.435 e. The molecule has 1 aliphatic rings. The molecule has 3 aromatic rings. The van der Waals surface area contributed by atoms with Crippen molar-refractivity contribution in [3.05, 3.63) is 65.5 Å². The monoisotopic (exact) mass is 503 g/mol. The van der Waals surface area contributed by atoms with Gasteiger partial charge in [0.1, 0.15) is 18.9 Å². The number of hydrogen-bond acceptors (Lipinski definition) is 5. The third kappa shape index (κ3) is 6.50. The average molecular weight is 504 g/mol. The van der Waals surface area contributed by atoms with Crippen molar-refractivity contribution >= 4 is 11.6 Å². The number of rotatable bonds is 11. The predicted octanol–water partition coefficient (Wildman–Crippen LogP) is 5.79. The van der Waals surface area contributed by atoms with Gasteiger partial charge >= 0.3 is 6.18 Å². The number of benzene rings is 2. The summed E-state index contributed by atoms with van der Waals surface area (Å²) in [5, 5.41) is 6.32. The molecule has 1 fully saturated rings. The normalized spacial score (nSPS) is 13.4. The van der Waals surface area contributed by atoms with E-state index >= 15 is 0 Å². The van der Waals surface area contributed by atoms with Gasteiger partial charge in [-0.25, -0.2) is 0 Å². The molecule has 2 aromatic carbocycles. The first-order chi connectivity index (χ1) is 17.3. The van der Waals surface area contributed by atoms with E-state index in [9.17, 15) is 18.0 Å². The highest BCUT2D eigenvalue weighted by atomic mass is 19.4. The fraction of sp³-hybridized carbons (Fsp3) is 0.385. The first kappa shape index (κ1) is 25.4. The molecule has 1 amide bonds. The molecule has 1 saturated carbocycles. The first-order valence-electron chi connectivity index (χ1n) is 11.8. The molecule has 0 unspecified atom stereocenters. The van der Waals surface area contributed by atoms with Gasteiger partial charge in [0.25, 0.3) is 0 Å². The van der Waals surface area contributed by atoms with Crippen LogP contribution in [0.25, 0.3) is 0 Å². The third-order valence-electron chi connectivity index (χ3n) is 5.54. The van der Waals surface area contributed by atoms with Crippen molar-refractivity contribution in [1.29, 1.82) is 0 Å². The molecule has 7 nitrogen and oxygen atoms in total. The van der Waals surface area contributed by atoms with Crippen molar-refractivity contribution in [2.45, 2.75) is 51.9 Å². The number of nitrogens with zero attached hydrogens (tertiary/aromatic N) is 2. The summed E-state index contributed by atoms with van der Waals surface area (Å²) < 4.78 is 57.4. The van der Waals surface area contributed by atoms with Crippen molar-refractivity contribution in [2.24, 2.45) is 0 Å². The fourth-order valence-electron chi connectivity index (χ4n) is 3.73. The second-order valence-electron chi connectivity index (χ2n) is 8.39. The number of ether oxygens (including phenoxy) is 3. The lowest BCUT2D eigenvalue weighted by Gasteiger charge is -2.13. The van der Waals surface area contributed by atoms with Crippen LogP contribution in [-0.4, -0.2) is 28.9 Å². The molecule has 4 rings (SSSR count). The van der Waals surface area contributed by atoms with Gasteiger partial charge in [-0.05, 0) is 74.7 Å². The Labute approximate surface area is 207 Å². The molecule has 0 radical (unpaired) electrons. The van der Waals surface area contributed by atoms with Crippen LogP contribution < -0.4 is 19.5 Å². The van der Waals surface area contributed by atoms with Gasteiger partial charge in [-0.15, -0.1) is 0 Å². The van der Waals surface area contributed by atoms with Gasteiger partial charge in [0.15, 0.2) is 17.2 Å². The van der Waals surface area contributed by atoms with Crippen LogP contribution >= 0.6 is 0 Å². The van der Waals surface area contributed by atoms with Gasteiger partial charge in [-0.1, -0.05) is 6.07 Å². The van der Waals surface area contributed by atoms with Crippen LogP contribution in [0, 0.1) is 0 Å². The lowest BCUT2D eigenvalue weighted by Crippen LogP contribution is -2.21. The number of hydrogen-bond donors (Lipinski definition) is 1. The minimum Gasteiger partial charge on any atom is -0.490 e. The highest BCUT2D eigenvalue weighted by Crippen LogP contribution is 2.42. The fourth-order valence-corrected chi connectivity index (χ4v) is 3.73. The summed E-state index contributed by atoms with van der Waals surface area (Å²) in [6, 6.07) is 13.4. The molecule has 36 heavy (non-hydrogen) atoms. The van der Waals surface area contributed by atoms with Gasteiger partial charge < -0.3 is 19.5 Å². The number of carbonyl (C=O) groups is 1. The number of alkyl halides is 3. The highest BCUT2D eigenvalue weighted by molar-refractivity contribution is 5.90. The second kappa shape index (κ2) is 10.9. The molecule has 192 valence electrons. The highest BCUT2D eigenvalue weighted by Gasteiger charge is 2.38. The molecular formula is C26H28F3N3O4. The number of nitrogens with one attached hydrogen (secondary N) is 1. The zero-order chi connectivity index (χ0) is 25.7. The molecule has 0 atom stereocenters. The van der Waals surface area contributed by atoms with Crippen LogP contribution in [0.1, 0.15) is 49.6 Å².